The summed E-state index contributed by atoms with van der Waals surface area (Å²) in [5, 5.41) is 0.640. The van der Waals surface area contributed by atoms with E-state index < -0.39 is 5.97 Å². The van der Waals surface area contributed by atoms with Gasteiger partial charge >= 0.3 is 5.97 Å². The lowest BCUT2D eigenvalue weighted by molar-refractivity contribution is 0.0561. The van der Waals surface area contributed by atoms with E-state index in [9.17, 15) is 9.59 Å². The molecule has 0 radical (unpaired) electrons. The predicted molar refractivity (Wildman–Crippen MR) is 81.6 cm³/mol. The van der Waals surface area contributed by atoms with Crippen LogP contribution in [0.1, 0.15) is 50.1 Å². The fraction of sp³-hybridized carbons (Fsp3) is 0.294. The maximum Gasteiger partial charge on any atom is 0.374 e. The Morgan fingerprint density at radius 2 is 2.14 bits per heavy atom. The van der Waals surface area contributed by atoms with E-state index in [0.717, 1.165) is 5.56 Å². The summed E-state index contributed by atoms with van der Waals surface area (Å²) in [6.07, 6.45) is 0.952. The number of hydrogen-bond donors (Lipinski definition) is 0. The van der Waals surface area contributed by atoms with Gasteiger partial charge in [-0.2, -0.15) is 0 Å². The highest BCUT2D eigenvalue weighted by Gasteiger charge is 2.34. The van der Waals surface area contributed by atoms with Crippen LogP contribution < -0.4 is 0 Å². The van der Waals surface area contributed by atoms with Gasteiger partial charge in [0.2, 0.25) is 5.76 Å². The summed E-state index contributed by atoms with van der Waals surface area (Å²) >= 11 is 6.02. The Balaban J connectivity index is 1.99. The highest BCUT2D eigenvalue weighted by Crippen LogP contribution is 2.37. The Morgan fingerprint density at radius 3 is 2.82 bits per heavy atom. The van der Waals surface area contributed by atoms with Crippen molar-refractivity contribution in [1.29, 1.82) is 0 Å². The third-order valence-electron chi connectivity index (χ3n) is 4.05. The van der Waals surface area contributed by atoms with Crippen LogP contribution in [0.3, 0.4) is 0 Å². The molecule has 0 aliphatic heterocycles. The summed E-state index contributed by atoms with van der Waals surface area (Å²) in [6.45, 7) is 1.71. The summed E-state index contributed by atoms with van der Waals surface area (Å²) in [5.41, 5.74) is 2.09. The second-order valence-electron chi connectivity index (χ2n) is 5.43. The first-order valence-corrected chi connectivity index (χ1v) is 7.38. The third kappa shape index (κ3) is 2.44. The lowest BCUT2D eigenvalue weighted by Gasteiger charge is -2.21. The molecule has 1 unspecified atom stereocenters. The van der Waals surface area contributed by atoms with Gasteiger partial charge in [0.1, 0.15) is 5.76 Å². The van der Waals surface area contributed by atoms with Gasteiger partial charge in [-0.05, 0) is 30.5 Å². The number of hydrogen-bond acceptors (Lipinski definition) is 4. The van der Waals surface area contributed by atoms with Crippen LogP contribution in [0.2, 0.25) is 5.02 Å². The lowest BCUT2D eigenvalue weighted by atomic mass is 9.82. The molecule has 1 aliphatic rings. The molecule has 3 rings (SSSR count). The van der Waals surface area contributed by atoms with E-state index >= 15 is 0 Å². The van der Waals surface area contributed by atoms with Gasteiger partial charge in [-0.1, -0.05) is 23.7 Å². The van der Waals surface area contributed by atoms with Crippen LogP contribution in [-0.4, -0.2) is 18.9 Å². The highest BCUT2D eigenvalue weighted by atomic mass is 35.5. The molecule has 1 atom stereocenters. The minimum atomic E-state index is -0.556. The number of ketones is 1. The summed E-state index contributed by atoms with van der Waals surface area (Å²) < 4.78 is 10.3. The Morgan fingerprint density at radius 1 is 1.36 bits per heavy atom. The first-order chi connectivity index (χ1) is 10.5. The second kappa shape index (κ2) is 5.61. The van der Waals surface area contributed by atoms with Crippen molar-refractivity contribution in [3.63, 3.8) is 0 Å². The Kier molecular flexibility index (Phi) is 3.79. The Labute approximate surface area is 133 Å². The number of Topliss-reactive ketones (excluding diaryl/α,β-unsaturated/α-hetero) is 1. The third-order valence-corrected chi connectivity index (χ3v) is 4.29. The number of esters is 1. The van der Waals surface area contributed by atoms with Gasteiger partial charge in [-0.3, -0.25) is 4.79 Å². The minimum absolute atomic E-state index is 0.00902. The largest absolute Gasteiger partial charge is 0.463 e. The van der Waals surface area contributed by atoms with Gasteiger partial charge < -0.3 is 9.15 Å². The molecular weight excluding hydrogens is 304 g/mol. The molecule has 0 spiro atoms. The quantitative estimate of drug-likeness (QED) is 0.787. The number of fused-ring (bicyclic) bond motifs is 1. The van der Waals surface area contributed by atoms with Crippen LogP contribution in [-0.2, 0) is 11.2 Å². The van der Waals surface area contributed by atoms with Crippen molar-refractivity contribution >= 4 is 23.4 Å². The first-order valence-electron chi connectivity index (χ1n) is 7.00. The van der Waals surface area contributed by atoms with Crippen molar-refractivity contribution in [2.45, 2.75) is 25.7 Å². The molecule has 1 aromatic carbocycles. The number of ether oxygens (including phenoxy) is 1. The van der Waals surface area contributed by atoms with Crippen molar-refractivity contribution in [3.8, 4) is 0 Å². The number of methoxy groups -OCH3 is 1. The molecular formula is C17H15ClO4. The number of rotatable bonds is 2. The molecule has 114 valence electrons. The highest BCUT2D eigenvalue weighted by molar-refractivity contribution is 6.30. The van der Waals surface area contributed by atoms with E-state index in [1.165, 1.54) is 7.11 Å². The Bertz CT molecular complexity index is 760. The van der Waals surface area contributed by atoms with Gasteiger partial charge in [0.05, 0.1) is 12.7 Å². The predicted octanol–water partition coefficient (Wildman–Crippen LogP) is 3.94. The molecule has 1 aliphatic carbocycles. The molecule has 2 aromatic rings. The van der Waals surface area contributed by atoms with E-state index in [4.69, 9.17) is 20.8 Å². The lowest BCUT2D eigenvalue weighted by Crippen LogP contribution is -2.18. The first kappa shape index (κ1) is 14.9. The summed E-state index contributed by atoms with van der Waals surface area (Å²) in [4.78, 5) is 24.2. The maximum absolute atomic E-state index is 12.5. The van der Waals surface area contributed by atoms with Crippen molar-refractivity contribution in [2.75, 3.05) is 7.11 Å². The number of benzene rings is 1. The molecule has 0 bridgehead atoms. The number of carbonyl (C=O) groups excluding carboxylic acids is 2. The summed E-state index contributed by atoms with van der Waals surface area (Å²) in [6, 6.07) is 7.48. The van der Waals surface area contributed by atoms with Crippen LogP contribution in [0.15, 0.2) is 28.7 Å². The normalized spacial score (nSPS) is 17.2. The van der Waals surface area contributed by atoms with Crippen molar-refractivity contribution in [1.82, 2.24) is 0 Å². The number of carbonyl (C=O) groups is 2. The molecule has 1 aromatic heterocycles. The van der Waals surface area contributed by atoms with E-state index in [0.29, 0.717) is 34.8 Å². The zero-order valence-corrected chi connectivity index (χ0v) is 13.1. The number of halogens is 1. The zero-order chi connectivity index (χ0) is 15.9. The monoisotopic (exact) mass is 318 g/mol. The van der Waals surface area contributed by atoms with Crippen LogP contribution >= 0.6 is 11.6 Å². The molecule has 0 amide bonds. The zero-order valence-electron chi connectivity index (χ0n) is 12.3. The molecule has 0 fully saturated rings. The summed E-state index contributed by atoms with van der Waals surface area (Å²) in [7, 11) is 1.29. The minimum Gasteiger partial charge on any atom is -0.463 e. The van der Waals surface area contributed by atoms with Crippen molar-refractivity contribution in [3.05, 3.63) is 57.5 Å². The SMILES string of the molecule is COC(=O)c1oc2c(c1C)C(=O)CC(c1cccc(Cl)c1)C2. The van der Waals surface area contributed by atoms with Gasteiger partial charge in [-0.25, -0.2) is 4.79 Å². The smallest absolute Gasteiger partial charge is 0.374 e. The molecule has 1 heterocycles. The fourth-order valence-electron chi connectivity index (χ4n) is 2.99. The molecule has 0 N–H and O–H groups in total. The van der Waals surface area contributed by atoms with Crippen LogP contribution in [0.4, 0.5) is 0 Å². The average Bonchev–Trinajstić information content (AvgIpc) is 2.84. The van der Waals surface area contributed by atoms with E-state index in [-0.39, 0.29) is 17.5 Å². The van der Waals surface area contributed by atoms with Gasteiger partial charge in [0.15, 0.2) is 5.78 Å². The van der Waals surface area contributed by atoms with Crippen LogP contribution in [0.5, 0.6) is 0 Å². The molecule has 0 saturated heterocycles. The molecule has 4 nitrogen and oxygen atoms in total. The van der Waals surface area contributed by atoms with E-state index in [2.05, 4.69) is 0 Å². The van der Waals surface area contributed by atoms with Gasteiger partial charge in [0.25, 0.3) is 0 Å². The van der Waals surface area contributed by atoms with Crippen LogP contribution in [0.25, 0.3) is 0 Å². The van der Waals surface area contributed by atoms with Crippen molar-refractivity contribution < 1.29 is 18.7 Å². The average molecular weight is 319 g/mol. The summed E-state index contributed by atoms with van der Waals surface area (Å²) in [5.74, 6) is 0.114. The Hall–Kier alpha value is -2.07. The van der Waals surface area contributed by atoms with Crippen molar-refractivity contribution in [2.24, 2.45) is 0 Å². The second-order valence-corrected chi connectivity index (χ2v) is 5.87. The van der Waals surface area contributed by atoms with Gasteiger partial charge in [-0.15, -0.1) is 0 Å². The number of furan rings is 1. The molecule has 0 saturated carbocycles. The van der Waals surface area contributed by atoms with E-state index in [1.807, 2.05) is 18.2 Å². The molecule has 5 heteroatoms. The van der Waals surface area contributed by atoms with Crippen LogP contribution in [0, 0.1) is 6.92 Å². The molecule has 22 heavy (non-hydrogen) atoms. The standard InChI is InChI=1S/C17H15ClO4/c1-9-15-13(19)7-11(10-4-3-5-12(18)6-10)8-14(15)22-16(9)17(20)21-2/h3-6,11H,7-8H2,1-2H3. The fourth-order valence-corrected chi connectivity index (χ4v) is 3.19. The van der Waals surface area contributed by atoms with Gasteiger partial charge in [0, 0.05) is 23.4 Å². The van der Waals surface area contributed by atoms with E-state index in [1.54, 1.807) is 13.0 Å². The topological polar surface area (TPSA) is 56.5 Å². The maximum atomic E-state index is 12.5.